The van der Waals surface area contributed by atoms with E-state index in [0.29, 0.717) is 21.1 Å². The molecule has 0 spiro atoms. The molecule has 27 heavy (non-hydrogen) atoms. The number of aliphatic hydroxyl groups is 1. The first-order valence-corrected chi connectivity index (χ1v) is 8.89. The maximum absolute atomic E-state index is 14.2. The van der Waals surface area contributed by atoms with Crippen LogP contribution in [0.1, 0.15) is 15.9 Å². The Morgan fingerprint density at radius 1 is 1.33 bits per heavy atom. The molecule has 0 aliphatic heterocycles. The predicted octanol–water partition coefficient (Wildman–Crippen LogP) is 3.15. The number of nitrogens with one attached hydrogen (secondary N) is 2. The van der Waals surface area contributed by atoms with Crippen LogP contribution in [0.15, 0.2) is 30.3 Å². The molecule has 9 heteroatoms. The summed E-state index contributed by atoms with van der Waals surface area (Å²) in [5, 5.41) is 12.7. The highest BCUT2D eigenvalue weighted by atomic mass is 32.1. The minimum absolute atomic E-state index is 0.0464. The lowest BCUT2D eigenvalue weighted by atomic mass is 10.2. The van der Waals surface area contributed by atoms with E-state index in [1.54, 1.807) is 31.2 Å². The smallest absolute Gasteiger partial charge is 0.278 e. The van der Waals surface area contributed by atoms with Gasteiger partial charge in [-0.2, -0.15) is 0 Å². The number of pyridine rings is 1. The Labute approximate surface area is 158 Å². The van der Waals surface area contributed by atoms with Gasteiger partial charge in [-0.15, -0.1) is 0 Å². The van der Waals surface area contributed by atoms with Crippen LogP contribution in [-0.2, 0) is 4.84 Å². The number of hydrogen-bond donors (Lipinski definition) is 3. The average molecular weight is 391 g/mol. The molecule has 0 aliphatic rings. The SMILES string of the molecule is COc1ccc2c(C(=O)NOCCO)c(Nc3ccc(C)cc3F)sc2n1. The lowest BCUT2D eigenvalue weighted by molar-refractivity contribution is 0.0170. The van der Waals surface area contributed by atoms with Crippen molar-refractivity contribution in [1.82, 2.24) is 10.5 Å². The maximum Gasteiger partial charge on any atom is 0.278 e. The number of hydroxylamine groups is 1. The van der Waals surface area contributed by atoms with Crippen molar-refractivity contribution in [3.8, 4) is 5.88 Å². The molecule has 0 saturated carbocycles. The summed E-state index contributed by atoms with van der Waals surface area (Å²) in [6.07, 6.45) is 0. The van der Waals surface area contributed by atoms with E-state index in [9.17, 15) is 9.18 Å². The number of anilines is 2. The first kappa shape index (κ1) is 19.0. The summed E-state index contributed by atoms with van der Waals surface area (Å²) in [7, 11) is 1.50. The maximum atomic E-state index is 14.2. The number of ether oxygens (including phenoxy) is 1. The van der Waals surface area contributed by atoms with Gasteiger partial charge < -0.3 is 15.2 Å². The molecule has 3 N–H and O–H groups in total. The molecule has 0 aliphatic carbocycles. The normalized spacial score (nSPS) is 10.8. The molecule has 3 rings (SSSR count). The molecule has 0 saturated heterocycles. The zero-order valence-electron chi connectivity index (χ0n) is 14.7. The Kier molecular flexibility index (Phi) is 5.84. The summed E-state index contributed by atoms with van der Waals surface area (Å²) in [5.74, 6) is -0.558. The van der Waals surface area contributed by atoms with Gasteiger partial charge in [0.25, 0.3) is 5.91 Å². The van der Waals surface area contributed by atoms with Gasteiger partial charge in [-0.05, 0) is 30.7 Å². The van der Waals surface area contributed by atoms with Crippen molar-refractivity contribution in [2.24, 2.45) is 0 Å². The molecule has 0 radical (unpaired) electrons. The Morgan fingerprint density at radius 2 is 2.15 bits per heavy atom. The number of carbonyl (C=O) groups excluding carboxylic acids is 1. The van der Waals surface area contributed by atoms with Crippen LogP contribution in [0.4, 0.5) is 15.1 Å². The van der Waals surface area contributed by atoms with Crippen LogP contribution in [-0.4, -0.2) is 36.3 Å². The van der Waals surface area contributed by atoms with Crippen LogP contribution in [0.5, 0.6) is 5.88 Å². The molecule has 142 valence electrons. The predicted molar refractivity (Wildman–Crippen MR) is 101 cm³/mol. The van der Waals surface area contributed by atoms with E-state index in [1.165, 1.54) is 24.5 Å². The van der Waals surface area contributed by atoms with E-state index in [0.717, 1.165) is 5.56 Å². The third kappa shape index (κ3) is 4.16. The quantitative estimate of drug-likeness (QED) is 0.423. The van der Waals surface area contributed by atoms with Crippen molar-refractivity contribution >= 4 is 38.1 Å². The van der Waals surface area contributed by atoms with Gasteiger partial charge in [0.05, 0.1) is 31.6 Å². The number of nitrogens with zero attached hydrogens (tertiary/aromatic N) is 1. The highest BCUT2D eigenvalue weighted by molar-refractivity contribution is 7.23. The van der Waals surface area contributed by atoms with Crippen molar-refractivity contribution in [2.75, 3.05) is 25.6 Å². The van der Waals surface area contributed by atoms with E-state index in [4.69, 9.17) is 14.7 Å². The first-order valence-electron chi connectivity index (χ1n) is 8.07. The lowest BCUT2D eigenvalue weighted by Crippen LogP contribution is -2.25. The van der Waals surface area contributed by atoms with Crippen molar-refractivity contribution in [1.29, 1.82) is 0 Å². The number of carbonyl (C=O) groups is 1. The minimum Gasteiger partial charge on any atom is -0.481 e. The molecule has 2 aromatic heterocycles. The monoisotopic (exact) mass is 391 g/mol. The van der Waals surface area contributed by atoms with Gasteiger partial charge >= 0.3 is 0 Å². The molecule has 0 fully saturated rings. The third-order valence-electron chi connectivity index (χ3n) is 3.70. The third-order valence-corrected chi connectivity index (χ3v) is 4.71. The van der Waals surface area contributed by atoms with E-state index in [1.807, 2.05) is 0 Å². The fourth-order valence-electron chi connectivity index (χ4n) is 2.45. The summed E-state index contributed by atoms with van der Waals surface area (Å²) in [6, 6.07) is 8.12. The molecule has 1 amide bonds. The number of rotatable bonds is 7. The lowest BCUT2D eigenvalue weighted by Gasteiger charge is -2.09. The number of halogens is 1. The summed E-state index contributed by atoms with van der Waals surface area (Å²) >= 11 is 1.19. The Morgan fingerprint density at radius 3 is 2.85 bits per heavy atom. The molecule has 0 unspecified atom stereocenters. The Bertz CT molecular complexity index is 977. The molecular formula is C18H18FN3O4S. The largest absolute Gasteiger partial charge is 0.481 e. The number of thiophene rings is 1. The van der Waals surface area contributed by atoms with Crippen LogP contribution in [0.25, 0.3) is 10.2 Å². The molecular weight excluding hydrogens is 373 g/mol. The molecule has 0 bridgehead atoms. The van der Waals surface area contributed by atoms with E-state index in [2.05, 4.69) is 15.8 Å². The van der Waals surface area contributed by atoms with E-state index < -0.39 is 11.7 Å². The van der Waals surface area contributed by atoms with Gasteiger partial charge in [0.1, 0.15) is 15.6 Å². The second-order valence-electron chi connectivity index (χ2n) is 5.62. The molecule has 7 nitrogen and oxygen atoms in total. The fraction of sp³-hybridized carbons (Fsp3) is 0.222. The molecule has 2 heterocycles. The van der Waals surface area contributed by atoms with Gasteiger partial charge in [-0.1, -0.05) is 17.4 Å². The average Bonchev–Trinajstić information content (AvgIpc) is 3.01. The number of benzene rings is 1. The zero-order chi connectivity index (χ0) is 19.4. The highest BCUT2D eigenvalue weighted by Gasteiger charge is 2.21. The van der Waals surface area contributed by atoms with E-state index in [-0.39, 0.29) is 24.5 Å². The number of aryl methyl sites for hydroxylation is 1. The summed E-state index contributed by atoms with van der Waals surface area (Å²) in [5.41, 5.74) is 3.57. The number of aromatic nitrogens is 1. The van der Waals surface area contributed by atoms with Gasteiger partial charge in [-0.25, -0.2) is 14.9 Å². The highest BCUT2D eigenvalue weighted by Crippen LogP contribution is 2.38. The number of aliphatic hydroxyl groups excluding tert-OH is 1. The van der Waals surface area contributed by atoms with Crippen LogP contribution in [0, 0.1) is 12.7 Å². The van der Waals surface area contributed by atoms with Crippen LogP contribution in [0.2, 0.25) is 0 Å². The van der Waals surface area contributed by atoms with Crippen molar-refractivity contribution < 1.29 is 23.9 Å². The minimum atomic E-state index is -0.531. The molecule has 1 aromatic carbocycles. The van der Waals surface area contributed by atoms with Crippen molar-refractivity contribution in [3.05, 3.63) is 47.3 Å². The Balaban J connectivity index is 2.03. The van der Waals surface area contributed by atoms with Crippen LogP contribution < -0.4 is 15.5 Å². The number of amides is 1. The number of fused-ring (bicyclic) bond motifs is 1. The molecule has 3 aromatic rings. The van der Waals surface area contributed by atoms with Crippen molar-refractivity contribution in [2.45, 2.75) is 6.92 Å². The van der Waals surface area contributed by atoms with Gasteiger partial charge in [0.15, 0.2) is 0 Å². The number of methoxy groups -OCH3 is 1. The Hall–Kier alpha value is -2.75. The first-order chi connectivity index (χ1) is 13.0. The fourth-order valence-corrected chi connectivity index (χ4v) is 3.52. The summed E-state index contributed by atoms with van der Waals surface area (Å²) < 4.78 is 19.4. The standard InChI is InChI=1S/C18H18FN3O4S/c1-10-3-5-13(12(19)9-10)20-18-15(16(24)22-26-8-7-23)11-4-6-14(25-2)21-17(11)27-18/h3-6,9,20,23H,7-8H2,1-2H3,(H,22,24). The van der Waals surface area contributed by atoms with Crippen LogP contribution >= 0.6 is 11.3 Å². The van der Waals surface area contributed by atoms with E-state index >= 15 is 0 Å². The van der Waals surface area contributed by atoms with Gasteiger partial charge in [0.2, 0.25) is 5.88 Å². The number of hydrogen-bond acceptors (Lipinski definition) is 7. The molecule has 0 atom stereocenters. The second-order valence-corrected chi connectivity index (χ2v) is 6.62. The topological polar surface area (TPSA) is 92.7 Å². The zero-order valence-corrected chi connectivity index (χ0v) is 15.5. The van der Waals surface area contributed by atoms with Crippen molar-refractivity contribution in [3.63, 3.8) is 0 Å². The summed E-state index contributed by atoms with van der Waals surface area (Å²) in [4.78, 5) is 22.4. The second kappa shape index (κ2) is 8.30. The van der Waals surface area contributed by atoms with Gasteiger partial charge in [-0.3, -0.25) is 9.63 Å². The van der Waals surface area contributed by atoms with Gasteiger partial charge in [0, 0.05) is 11.5 Å². The van der Waals surface area contributed by atoms with Crippen LogP contribution in [0.3, 0.4) is 0 Å². The summed E-state index contributed by atoms with van der Waals surface area (Å²) in [6.45, 7) is 1.51.